The number of benzene rings is 2. The number of anilines is 1. The third kappa shape index (κ3) is 5.61. The van der Waals surface area contributed by atoms with E-state index in [9.17, 15) is 4.79 Å². The number of carbonyl (C=O) groups excluding carboxylic acids is 1. The zero-order valence-electron chi connectivity index (χ0n) is 13.7. The van der Waals surface area contributed by atoms with Crippen molar-refractivity contribution in [3.8, 4) is 0 Å². The predicted molar refractivity (Wildman–Crippen MR) is 98.8 cm³/mol. The van der Waals surface area contributed by atoms with Gasteiger partial charge in [-0.25, -0.2) is 0 Å². The van der Waals surface area contributed by atoms with Crippen LogP contribution in [-0.4, -0.2) is 23.9 Å². The topological polar surface area (TPSA) is 46.3 Å². The monoisotopic (exact) mass is 332 g/mol. The summed E-state index contributed by atoms with van der Waals surface area (Å²) in [5, 5.41) is 0. The third-order valence-corrected chi connectivity index (χ3v) is 4.06. The number of amides is 1. The number of rotatable bonds is 6. The number of nitrogen functional groups attached to an aromatic ring is 1. The number of nitrogens with two attached hydrogens (primary N) is 1. The summed E-state index contributed by atoms with van der Waals surface area (Å²) in [6.07, 6.45) is 2.25. The molecular weight excluding hydrogens is 308 g/mol. The maximum atomic E-state index is 12.5. The second-order valence-electron chi connectivity index (χ2n) is 5.67. The van der Waals surface area contributed by atoms with Gasteiger partial charge in [0.2, 0.25) is 5.91 Å². The van der Waals surface area contributed by atoms with Gasteiger partial charge in [-0.05, 0) is 36.1 Å². The minimum Gasteiger partial charge on any atom is -0.399 e. The summed E-state index contributed by atoms with van der Waals surface area (Å²) in [5.74, 6) is 0.146. The Morgan fingerprint density at radius 1 is 1.04 bits per heavy atom. The second-order valence-corrected chi connectivity index (χ2v) is 5.67. The Hall–Kier alpha value is -2.00. The van der Waals surface area contributed by atoms with Crippen LogP contribution in [0.15, 0.2) is 54.6 Å². The number of hydrogen-bond donors (Lipinski definition) is 1. The molecule has 23 heavy (non-hydrogen) atoms. The summed E-state index contributed by atoms with van der Waals surface area (Å²) >= 11 is 0. The van der Waals surface area contributed by atoms with E-state index in [0.29, 0.717) is 6.42 Å². The van der Waals surface area contributed by atoms with Gasteiger partial charge in [0.15, 0.2) is 0 Å². The van der Waals surface area contributed by atoms with E-state index in [1.807, 2.05) is 54.4 Å². The number of hydrogen-bond acceptors (Lipinski definition) is 2. The molecule has 1 unspecified atom stereocenters. The highest BCUT2D eigenvalue weighted by Gasteiger charge is 2.18. The van der Waals surface area contributed by atoms with Gasteiger partial charge in [0.05, 0.1) is 6.42 Å². The van der Waals surface area contributed by atoms with E-state index < -0.39 is 0 Å². The largest absolute Gasteiger partial charge is 0.399 e. The van der Waals surface area contributed by atoms with Crippen molar-refractivity contribution in [1.82, 2.24) is 4.90 Å². The van der Waals surface area contributed by atoms with Gasteiger partial charge in [0, 0.05) is 18.8 Å². The molecule has 2 aromatic rings. The smallest absolute Gasteiger partial charge is 0.226 e. The third-order valence-electron chi connectivity index (χ3n) is 4.06. The fraction of sp³-hybridized carbons (Fsp3) is 0.316. The SMILES string of the molecule is CCC(Cc1ccccc1)N(C)C(=O)Cc1ccc(N)cc1.Cl. The first-order valence-corrected chi connectivity index (χ1v) is 7.74. The van der Waals surface area contributed by atoms with Crippen molar-refractivity contribution in [3.63, 3.8) is 0 Å². The van der Waals surface area contributed by atoms with Crippen molar-refractivity contribution >= 4 is 24.0 Å². The van der Waals surface area contributed by atoms with Crippen LogP contribution < -0.4 is 5.73 Å². The molecule has 2 rings (SSSR count). The fourth-order valence-corrected chi connectivity index (χ4v) is 2.58. The molecule has 2 aromatic carbocycles. The molecule has 0 saturated heterocycles. The van der Waals surface area contributed by atoms with Crippen LogP contribution in [-0.2, 0) is 17.6 Å². The highest BCUT2D eigenvalue weighted by Crippen LogP contribution is 2.13. The van der Waals surface area contributed by atoms with Gasteiger partial charge in [-0.2, -0.15) is 0 Å². The number of nitrogens with zero attached hydrogens (tertiary/aromatic N) is 1. The summed E-state index contributed by atoms with van der Waals surface area (Å²) < 4.78 is 0. The minimum atomic E-state index is 0. The Bertz CT molecular complexity index is 599. The van der Waals surface area contributed by atoms with E-state index in [2.05, 4.69) is 19.1 Å². The van der Waals surface area contributed by atoms with Crippen LogP contribution >= 0.6 is 12.4 Å². The van der Waals surface area contributed by atoms with Gasteiger partial charge in [0.1, 0.15) is 0 Å². The van der Waals surface area contributed by atoms with Gasteiger partial charge < -0.3 is 10.6 Å². The molecule has 1 amide bonds. The molecule has 124 valence electrons. The van der Waals surface area contributed by atoms with Crippen LogP contribution in [0.4, 0.5) is 5.69 Å². The second kappa shape index (κ2) is 9.21. The number of carbonyl (C=O) groups is 1. The average molecular weight is 333 g/mol. The summed E-state index contributed by atoms with van der Waals surface area (Å²) in [6.45, 7) is 2.13. The molecule has 0 fully saturated rings. The van der Waals surface area contributed by atoms with E-state index in [0.717, 1.165) is 24.1 Å². The zero-order valence-corrected chi connectivity index (χ0v) is 14.6. The van der Waals surface area contributed by atoms with Crippen LogP contribution in [0, 0.1) is 0 Å². The molecule has 0 bridgehead atoms. The van der Waals surface area contributed by atoms with Crippen molar-refractivity contribution < 1.29 is 4.79 Å². The quantitative estimate of drug-likeness (QED) is 0.820. The summed E-state index contributed by atoms with van der Waals surface area (Å²) in [4.78, 5) is 14.4. The van der Waals surface area contributed by atoms with Gasteiger partial charge in [0.25, 0.3) is 0 Å². The highest BCUT2D eigenvalue weighted by molar-refractivity contribution is 5.85. The summed E-state index contributed by atoms with van der Waals surface area (Å²) in [5.41, 5.74) is 8.67. The Balaban J connectivity index is 0.00000264. The lowest BCUT2D eigenvalue weighted by Crippen LogP contribution is -2.39. The number of likely N-dealkylation sites (N-methyl/N-ethyl adjacent to an activating group) is 1. The average Bonchev–Trinajstić information content (AvgIpc) is 2.55. The first kappa shape index (κ1) is 19.0. The Kier molecular flexibility index (Phi) is 7.63. The molecule has 1 atom stereocenters. The van der Waals surface area contributed by atoms with Crippen molar-refractivity contribution in [2.75, 3.05) is 12.8 Å². The molecular formula is C19H25ClN2O. The lowest BCUT2D eigenvalue weighted by atomic mass is 10.0. The van der Waals surface area contributed by atoms with Crippen molar-refractivity contribution in [3.05, 3.63) is 65.7 Å². The van der Waals surface area contributed by atoms with E-state index >= 15 is 0 Å². The molecule has 4 heteroatoms. The lowest BCUT2D eigenvalue weighted by molar-refractivity contribution is -0.131. The van der Waals surface area contributed by atoms with E-state index in [4.69, 9.17) is 5.73 Å². The van der Waals surface area contributed by atoms with Crippen LogP contribution in [0.5, 0.6) is 0 Å². The Labute approximate surface area is 144 Å². The van der Waals surface area contributed by atoms with Crippen LogP contribution in [0.3, 0.4) is 0 Å². The molecule has 3 nitrogen and oxygen atoms in total. The minimum absolute atomic E-state index is 0. The first-order valence-electron chi connectivity index (χ1n) is 7.74. The lowest BCUT2D eigenvalue weighted by Gasteiger charge is -2.27. The molecule has 0 saturated carbocycles. The molecule has 0 aliphatic rings. The Morgan fingerprint density at radius 2 is 1.65 bits per heavy atom. The van der Waals surface area contributed by atoms with Gasteiger partial charge >= 0.3 is 0 Å². The summed E-state index contributed by atoms with van der Waals surface area (Å²) in [7, 11) is 1.90. The molecule has 0 heterocycles. The first-order chi connectivity index (χ1) is 10.6. The number of halogens is 1. The molecule has 0 aliphatic carbocycles. The molecule has 0 spiro atoms. The van der Waals surface area contributed by atoms with Crippen LogP contribution in [0.25, 0.3) is 0 Å². The van der Waals surface area contributed by atoms with Gasteiger partial charge in [-0.3, -0.25) is 4.79 Å². The molecule has 0 aromatic heterocycles. The highest BCUT2D eigenvalue weighted by atomic mass is 35.5. The van der Waals surface area contributed by atoms with E-state index in [-0.39, 0.29) is 24.4 Å². The normalized spacial score (nSPS) is 11.4. The van der Waals surface area contributed by atoms with E-state index in [1.165, 1.54) is 5.56 Å². The van der Waals surface area contributed by atoms with Crippen LogP contribution in [0.2, 0.25) is 0 Å². The van der Waals surface area contributed by atoms with Crippen LogP contribution in [0.1, 0.15) is 24.5 Å². The maximum Gasteiger partial charge on any atom is 0.226 e. The van der Waals surface area contributed by atoms with Gasteiger partial charge in [-0.15, -0.1) is 12.4 Å². The van der Waals surface area contributed by atoms with Crippen molar-refractivity contribution in [1.29, 1.82) is 0 Å². The Morgan fingerprint density at radius 3 is 2.22 bits per heavy atom. The van der Waals surface area contributed by atoms with Gasteiger partial charge in [-0.1, -0.05) is 49.4 Å². The molecule has 0 radical (unpaired) electrons. The predicted octanol–water partition coefficient (Wildman–Crippen LogP) is 3.71. The van der Waals surface area contributed by atoms with Crippen molar-refractivity contribution in [2.45, 2.75) is 32.2 Å². The zero-order chi connectivity index (χ0) is 15.9. The summed E-state index contributed by atoms with van der Waals surface area (Å²) in [6, 6.07) is 18.1. The van der Waals surface area contributed by atoms with E-state index in [1.54, 1.807) is 0 Å². The van der Waals surface area contributed by atoms with Crippen molar-refractivity contribution in [2.24, 2.45) is 0 Å². The standard InChI is InChI=1S/C19H24N2O.ClH/c1-3-18(13-15-7-5-4-6-8-15)21(2)19(22)14-16-9-11-17(20)12-10-16;/h4-12,18H,3,13-14,20H2,1-2H3;1H. The molecule has 0 aliphatic heterocycles. The maximum absolute atomic E-state index is 12.5. The molecule has 2 N–H and O–H groups in total. The fourth-order valence-electron chi connectivity index (χ4n) is 2.58.